The summed E-state index contributed by atoms with van der Waals surface area (Å²) in [7, 11) is 0. The molecule has 1 saturated heterocycles. The summed E-state index contributed by atoms with van der Waals surface area (Å²) >= 11 is 6.20. The molecule has 4 rings (SSSR count). The van der Waals surface area contributed by atoms with Gasteiger partial charge in [-0.1, -0.05) is 48.4 Å². The predicted molar refractivity (Wildman–Crippen MR) is 133 cm³/mol. The molecule has 1 aliphatic heterocycles. The largest absolute Gasteiger partial charge is 0.361 e. The van der Waals surface area contributed by atoms with E-state index in [9.17, 15) is 14.4 Å². The van der Waals surface area contributed by atoms with Crippen molar-refractivity contribution in [2.24, 2.45) is 0 Å². The van der Waals surface area contributed by atoms with E-state index in [1.807, 2.05) is 35.4 Å². The van der Waals surface area contributed by atoms with Crippen LogP contribution in [0.15, 0.2) is 54.7 Å². The minimum absolute atomic E-state index is 0.133. The third-order valence-electron chi connectivity index (χ3n) is 6.19. The number of aromatic nitrogens is 1. The molecule has 8 heteroatoms. The highest BCUT2D eigenvalue weighted by atomic mass is 35.5. The van der Waals surface area contributed by atoms with Gasteiger partial charge < -0.3 is 20.5 Å². The number of aromatic amines is 1. The van der Waals surface area contributed by atoms with Crippen molar-refractivity contribution in [3.05, 3.63) is 70.9 Å². The number of H-pyrrole nitrogens is 1. The van der Waals surface area contributed by atoms with Crippen LogP contribution in [-0.4, -0.2) is 53.3 Å². The molecule has 0 saturated carbocycles. The third kappa shape index (κ3) is 5.78. The Morgan fingerprint density at radius 2 is 1.85 bits per heavy atom. The summed E-state index contributed by atoms with van der Waals surface area (Å²) in [6.07, 6.45) is 5.69. The number of fused-ring (bicyclic) bond motifs is 1. The second kappa shape index (κ2) is 11.2. The highest BCUT2D eigenvalue weighted by molar-refractivity contribution is 6.33. The Hall–Kier alpha value is -3.32. The minimum atomic E-state index is -0.803. The first-order valence-electron chi connectivity index (χ1n) is 11.7. The van der Waals surface area contributed by atoms with Gasteiger partial charge in [0.25, 0.3) is 5.91 Å². The molecule has 2 heterocycles. The van der Waals surface area contributed by atoms with Crippen LogP contribution in [0.1, 0.15) is 41.6 Å². The Morgan fingerprint density at radius 1 is 1.06 bits per heavy atom. The normalized spacial score (nSPS) is 15.1. The van der Waals surface area contributed by atoms with Crippen LogP contribution in [0.5, 0.6) is 0 Å². The van der Waals surface area contributed by atoms with Gasteiger partial charge in [-0.15, -0.1) is 0 Å². The molecule has 2 aromatic carbocycles. The molecule has 3 amide bonds. The van der Waals surface area contributed by atoms with Crippen molar-refractivity contribution in [1.82, 2.24) is 20.5 Å². The molecule has 0 bridgehead atoms. The summed E-state index contributed by atoms with van der Waals surface area (Å²) in [5.41, 5.74) is 2.21. The smallest absolute Gasteiger partial charge is 0.253 e. The molecule has 178 valence electrons. The van der Waals surface area contributed by atoms with Gasteiger partial charge in [-0.05, 0) is 36.6 Å². The summed E-state index contributed by atoms with van der Waals surface area (Å²) in [5.74, 6) is -0.574. The average Bonchev–Trinajstić information content (AvgIpc) is 3.13. The molecule has 34 heavy (non-hydrogen) atoms. The summed E-state index contributed by atoms with van der Waals surface area (Å²) in [5, 5.41) is 7.09. The van der Waals surface area contributed by atoms with Gasteiger partial charge in [0.05, 0.1) is 10.6 Å². The number of nitrogens with zero attached hydrogens (tertiary/aromatic N) is 1. The van der Waals surface area contributed by atoms with Gasteiger partial charge in [-0.3, -0.25) is 14.4 Å². The molecular formula is C26H29ClN4O3. The fourth-order valence-corrected chi connectivity index (χ4v) is 4.54. The zero-order valence-electron chi connectivity index (χ0n) is 19.0. The van der Waals surface area contributed by atoms with Gasteiger partial charge in [0.15, 0.2) is 0 Å². The molecular weight excluding hydrogens is 452 g/mol. The lowest BCUT2D eigenvalue weighted by molar-refractivity contribution is -0.131. The van der Waals surface area contributed by atoms with Gasteiger partial charge in [0.1, 0.15) is 6.04 Å². The van der Waals surface area contributed by atoms with Crippen LogP contribution in [0, 0.1) is 0 Å². The van der Waals surface area contributed by atoms with Crippen molar-refractivity contribution in [1.29, 1.82) is 0 Å². The predicted octanol–water partition coefficient (Wildman–Crippen LogP) is 3.68. The highest BCUT2D eigenvalue weighted by Gasteiger charge is 2.24. The number of halogens is 1. The molecule has 1 atom stereocenters. The number of carbonyl (C=O) groups is 3. The molecule has 1 aliphatic rings. The molecule has 1 unspecified atom stereocenters. The van der Waals surface area contributed by atoms with Gasteiger partial charge in [-0.2, -0.15) is 0 Å². The first-order valence-corrected chi connectivity index (χ1v) is 12.1. The SMILES string of the molecule is O=C(NC(Cc1c[nH]c2ccccc12)C(=O)NCCN1CCCCCC1=O)c1ccccc1Cl. The second-order valence-electron chi connectivity index (χ2n) is 8.55. The van der Waals surface area contributed by atoms with E-state index in [0.717, 1.165) is 42.3 Å². The molecule has 1 fully saturated rings. The van der Waals surface area contributed by atoms with E-state index < -0.39 is 11.9 Å². The van der Waals surface area contributed by atoms with Crippen LogP contribution >= 0.6 is 11.6 Å². The van der Waals surface area contributed by atoms with Crippen LogP contribution in [0.25, 0.3) is 10.9 Å². The molecule has 1 aromatic heterocycles. The minimum Gasteiger partial charge on any atom is -0.361 e. The van der Waals surface area contributed by atoms with Crippen molar-refractivity contribution >= 4 is 40.2 Å². The highest BCUT2D eigenvalue weighted by Crippen LogP contribution is 2.20. The van der Waals surface area contributed by atoms with Crippen molar-refractivity contribution in [2.45, 2.75) is 38.1 Å². The lowest BCUT2D eigenvalue weighted by Gasteiger charge is -2.22. The number of carbonyl (C=O) groups excluding carboxylic acids is 3. The molecule has 3 N–H and O–H groups in total. The molecule has 0 radical (unpaired) electrons. The number of nitrogens with one attached hydrogen (secondary N) is 3. The number of benzene rings is 2. The topological polar surface area (TPSA) is 94.3 Å². The van der Waals surface area contributed by atoms with Crippen LogP contribution < -0.4 is 10.6 Å². The maximum Gasteiger partial charge on any atom is 0.253 e. The number of hydrogen-bond acceptors (Lipinski definition) is 3. The molecule has 7 nitrogen and oxygen atoms in total. The van der Waals surface area contributed by atoms with Crippen molar-refractivity contribution < 1.29 is 14.4 Å². The Morgan fingerprint density at radius 3 is 2.71 bits per heavy atom. The second-order valence-corrected chi connectivity index (χ2v) is 8.96. The average molecular weight is 481 g/mol. The number of amides is 3. The Kier molecular flexibility index (Phi) is 7.85. The Bertz CT molecular complexity index is 1180. The fourth-order valence-electron chi connectivity index (χ4n) is 4.32. The van der Waals surface area contributed by atoms with Gasteiger partial charge in [-0.25, -0.2) is 0 Å². The maximum absolute atomic E-state index is 13.2. The van der Waals surface area contributed by atoms with E-state index >= 15 is 0 Å². The lowest BCUT2D eigenvalue weighted by Crippen LogP contribution is -2.49. The monoisotopic (exact) mass is 480 g/mol. The summed E-state index contributed by atoms with van der Waals surface area (Å²) < 4.78 is 0. The van der Waals surface area contributed by atoms with Gasteiger partial charge in [0, 0.05) is 49.6 Å². The third-order valence-corrected chi connectivity index (χ3v) is 6.52. The standard InChI is InChI=1S/C26H29ClN4O3/c27-21-10-5-3-9-20(21)25(33)30-23(16-18-17-29-22-11-6-4-8-19(18)22)26(34)28-13-15-31-14-7-1-2-12-24(31)32/h3-6,8-11,17,23,29H,1-2,7,12-16H2,(H,28,34)(H,30,33). The van der Waals surface area contributed by atoms with Gasteiger partial charge in [0.2, 0.25) is 11.8 Å². The van der Waals surface area contributed by atoms with Crippen molar-refractivity contribution in [3.8, 4) is 0 Å². The van der Waals surface area contributed by atoms with E-state index in [4.69, 9.17) is 11.6 Å². The van der Waals surface area contributed by atoms with E-state index in [2.05, 4.69) is 15.6 Å². The Balaban J connectivity index is 1.47. The zero-order chi connectivity index (χ0) is 23.9. The molecule has 0 aliphatic carbocycles. The first-order chi connectivity index (χ1) is 16.5. The maximum atomic E-state index is 13.2. The summed E-state index contributed by atoms with van der Waals surface area (Å²) in [6.45, 7) is 1.51. The van der Waals surface area contributed by atoms with Crippen LogP contribution in [0.3, 0.4) is 0 Å². The quantitative estimate of drug-likeness (QED) is 0.459. The summed E-state index contributed by atoms with van der Waals surface area (Å²) in [4.78, 5) is 43.4. The van der Waals surface area contributed by atoms with Crippen LogP contribution in [0.2, 0.25) is 5.02 Å². The number of para-hydroxylation sites is 1. The summed E-state index contributed by atoms with van der Waals surface area (Å²) in [6, 6.07) is 13.8. The Labute approximate surface area is 203 Å². The van der Waals surface area contributed by atoms with E-state index in [1.54, 1.807) is 24.3 Å². The van der Waals surface area contributed by atoms with Crippen molar-refractivity contribution in [3.63, 3.8) is 0 Å². The van der Waals surface area contributed by atoms with Crippen molar-refractivity contribution in [2.75, 3.05) is 19.6 Å². The molecule has 0 spiro atoms. The van der Waals surface area contributed by atoms with E-state index in [-0.39, 0.29) is 11.8 Å². The molecule has 3 aromatic rings. The fraction of sp³-hybridized carbons (Fsp3) is 0.346. The zero-order valence-corrected chi connectivity index (χ0v) is 19.7. The van der Waals surface area contributed by atoms with Crippen LogP contribution in [-0.2, 0) is 16.0 Å². The lowest BCUT2D eigenvalue weighted by atomic mass is 10.0. The van der Waals surface area contributed by atoms with E-state index in [1.165, 1.54) is 0 Å². The number of hydrogen-bond donors (Lipinski definition) is 3. The first kappa shape index (κ1) is 23.8. The van der Waals surface area contributed by atoms with Gasteiger partial charge >= 0.3 is 0 Å². The number of likely N-dealkylation sites (tertiary alicyclic amines) is 1. The van der Waals surface area contributed by atoms with E-state index in [0.29, 0.717) is 36.5 Å². The van der Waals surface area contributed by atoms with Crippen LogP contribution in [0.4, 0.5) is 0 Å². The number of rotatable bonds is 8.